The van der Waals surface area contributed by atoms with Gasteiger partial charge in [-0.15, -0.1) is 0 Å². The molecule has 0 saturated heterocycles. The molecule has 0 bridgehead atoms. The number of allylic oxidation sites excluding steroid dienone is 1. The Hall–Kier alpha value is -2.18. The molecule has 0 spiro atoms. The summed E-state index contributed by atoms with van der Waals surface area (Å²) in [6.45, 7) is 22.2. The van der Waals surface area contributed by atoms with Crippen LogP contribution >= 0.6 is 0 Å². The number of ether oxygens (including phenoxy) is 2. The number of hydrogen-bond donors (Lipinski definition) is 1. The molecule has 3 saturated carbocycles. The van der Waals surface area contributed by atoms with Gasteiger partial charge in [-0.2, -0.15) is 0 Å². The first-order valence-corrected chi connectivity index (χ1v) is 25.2. The Labute approximate surface area is 367 Å². The maximum absolute atomic E-state index is 13.0. The minimum absolute atomic E-state index is 0.0195. The number of hydrogen-bond acceptors (Lipinski definition) is 6. The monoisotopic (exact) mass is 832 g/mol. The van der Waals surface area contributed by atoms with Crippen LogP contribution < -0.4 is 0 Å². The minimum Gasteiger partial charge on any atom is -0.465 e. The van der Waals surface area contributed by atoms with Crippen LogP contribution in [0.25, 0.3) is 0 Å². The van der Waals surface area contributed by atoms with Gasteiger partial charge in [0, 0.05) is 19.4 Å². The van der Waals surface area contributed by atoms with Gasteiger partial charge in [-0.05, 0) is 160 Å². The van der Waals surface area contributed by atoms with Gasteiger partial charge in [0.2, 0.25) is 0 Å². The quantitative estimate of drug-likeness (QED) is 0.0601. The lowest BCUT2D eigenvalue weighted by Crippen LogP contribution is -2.51. The van der Waals surface area contributed by atoms with E-state index in [-0.39, 0.29) is 36.0 Å². The molecule has 340 valence electrons. The molecule has 0 amide bonds. The lowest BCUT2D eigenvalue weighted by atomic mass is 9.47. The topological polar surface area (TPSA) is 76.1 Å². The van der Waals surface area contributed by atoms with Gasteiger partial charge < -0.3 is 19.5 Å². The lowest BCUT2D eigenvalue weighted by Gasteiger charge is -2.58. The number of unbranched alkanes of at least 4 members (excludes halogenated alkanes) is 5. The molecule has 5 rings (SSSR count). The van der Waals surface area contributed by atoms with Gasteiger partial charge in [0.25, 0.3) is 0 Å². The van der Waals surface area contributed by atoms with Crippen molar-refractivity contribution in [3.8, 4) is 0 Å². The number of benzene rings is 1. The fourth-order valence-corrected chi connectivity index (χ4v) is 12.9. The molecule has 60 heavy (non-hydrogen) atoms. The summed E-state index contributed by atoms with van der Waals surface area (Å²) < 4.78 is 11.8. The number of fused-ring (bicyclic) bond motifs is 5. The molecule has 6 heteroatoms. The van der Waals surface area contributed by atoms with E-state index in [0.717, 1.165) is 125 Å². The molecule has 0 heterocycles. The molecule has 1 N–H and O–H groups in total. The van der Waals surface area contributed by atoms with E-state index in [0.29, 0.717) is 30.9 Å². The summed E-state index contributed by atoms with van der Waals surface area (Å²) in [7, 11) is 0. The molecule has 9 unspecified atom stereocenters. The van der Waals surface area contributed by atoms with Crippen molar-refractivity contribution in [2.24, 2.45) is 52.3 Å². The van der Waals surface area contributed by atoms with Gasteiger partial charge in [0.1, 0.15) is 6.10 Å². The van der Waals surface area contributed by atoms with E-state index in [1.165, 1.54) is 56.9 Å². The summed E-state index contributed by atoms with van der Waals surface area (Å²) in [6, 6.07) is 8.38. The summed E-state index contributed by atoms with van der Waals surface area (Å²) in [5.74, 6) is 5.27. The zero-order valence-corrected chi connectivity index (χ0v) is 39.8. The highest BCUT2D eigenvalue weighted by Crippen LogP contribution is 2.67. The van der Waals surface area contributed by atoms with Gasteiger partial charge in [-0.3, -0.25) is 9.59 Å². The number of rotatable bonds is 25. The number of nitrogens with zero attached hydrogens (tertiary/aromatic N) is 1. The van der Waals surface area contributed by atoms with Crippen molar-refractivity contribution in [1.29, 1.82) is 0 Å². The smallest absolute Gasteiger partial charge is 0.313 e. The van der Waals surface area contributed by atoms with Gasteiger partial charge >= 0.3 is 11.9 Å². The molecule has 1 aromatic carbocycles. The average molecular weight is 832 g/mol. The zero-order valence-electron chi connectivity index (χ0n) is 39.8. The van der Waals surface area contributed by atoms with Crippen LogP contribution in [-0.4, -0.2) is 60.9 Å². The molecule has 9 atom stereocenters. The Morgan fingerprint density at radius 1 is 0.783 bits per heavy atom. The van der Waals surface area contributed by atoms with Crippen LogP contribution in [0.2, 0.25) is 0 Å². The van der Waals surface area contributed by atoms with E-state index in [4.69, 9.17) is 9.47 Å². The summed E-state index contributed by atoms with van der Waals surface area (Å²) in [4.78, 5) is 28.0. The van der Waals surface area contributed by atoms with Gasteiger partial charge in [-0.25, -0.2) is 0 Å². The van der Waals surface area contributed by atoms with Crippen molar-refractivity contribution >= 4 is 11.9 Å². The number of aliphatic hydroxyl groups is 1. The first-order chi connectivity index (χ1) is 28.7. The average Bonchev–Trinajstić information content (AvgIpc) is 3.57. The van der Waals surface area contributed by atoms with E-state index in [1.54, 1.807) is 5.57 Å². The second-order valence-electron chi connectivity index (χ2n) is 21.7. The maximum atomic E-state index is 13.0. The number of carbonyl (C=O) groups is 2. The van der Waals surface area contributed by atoms with Crippen LogP contribution in [0, 0.1) is 52.3 Å². The first kappa shape index (κ1) is 48.8. The van der Waals surface area contributed by atoms with E-state index in [2.05, 4.69) is 83.7 Å². The molecule has 0 aromatic heterocycles. The minimum atomic E-state index is -0.251. The highest BCUT2D eigenvalue weighted by molar-refractivity contribution is 5.77. The Balaban J connectivity index is 0.932. The van der Waals surface area contributed by atoms with Crippen LogP contribution in [0.4, 0.5) is 0 Å². The Kier molecular flexibility index (Phi) is 19.1. The third-order valence-corrected chi connectivity index (χ3v) is 16.4. The lowest BCUT2D eigenvalue weighted by molar-refractivity contribution is -0.151. The van der Waals surface area contributed by atoms with E-state index in [9.17, 15) is 14.7 Å². The fraction of sp³-hybridized carbons (Fsp3) is 0.815. The standard InChI is InChI=1S/C54H89NO5/c1-39(2)17-16-18-41(5)48-26-27-49-47-25-24-45-38-46(28-30-53(45,7)50(47)29-31-54(48,49)8)60-51(57)19-12-11-14-33-55(34-35-56)32-13-9-10-15-36-59-52(58)42(6)44-22-20-43(21-23-44)37-40(3)4/h20-24,39-42,46-50,56H,9-19,25-38H2,1-8H3. The van der Waals surface area contributed by atoms with Crippen LogP contribution in [0.1, 0.15) is 194 Å². The van der Waals surface area contributed by atoms with Crippen molar-refractivity contribution in [2.75, 3.05) is 32.8 Å². The van der Waals surface area contributed by atoms with Crippen LogP contribution in [0.3, 0.4) is 0 Å². The second kappa shape index (κ2) is 23.5. The van der Waals surface area contributed by atoms with E-state index >= 15 is 0 Å². The van der Waals surface area contributed by atoms with Gasteiger partial charge in [0.15, 0.2) is 0 Å². The molecular weight excluding hydrogens is 743 g/mol. The van der Waals surface area contributed by atoms with Crippen molar-refractivity contribution in [3.63, 3.8) is 0 Å². The normalized spacial score (nSPS) is 28.5. The molecule has 4 aliphatic carbocycles. The largest absolute Gasteiger partial charge is 0.465 e. The number of esters is 2. The number of carbonyl (C=O) groups excluding carboxylic acids is 2. The Bertz CT molecular complexity index is 1480. The number of aliphatic hydroxyl groups excluding tert-OH is 1. The summed E-state index contributed by atoms with van der Waals surface area (Å²) in [6.07, 6.45) is 25.3. The van der Waals surface area contributed by atoms with Crippen molar-refractivity contribution in [3.05, 3.63) is 47.0 Å². The van der Waals surface area contributed by atoms with Crippen molar-refractivity contribution < 1.29 is 24.2 Å². The molecular formula is C54H89NO5. The predicted molar refractivity (Wildman–Crippen MR) is 248 cm³/mol. The molecule has 3 fully saturated rings. The van der Waals surface area contributed by atoms with Crippen LogP contribution in [0.15, 0.2) is 35.9 Å². The molecule has 0 aliphatic heterocycles. The van der Waals surface area contributed by atoms with Crippen LogP contribution in [0.5, 0.6) is 0 Å². The Morgan fingerprint density at radius 2 is 1.50 bits per heavy atom. The maximum Gasteiger partial charge on any atom is 0.313 e. The van der Waals surface area contributed by atoms with Gasteiger partial charge in [0.05, 0.1) is 19.1 Å². The summed E-state index contributed by atoms with van der Waals surface area (Å²) in [5.41, 5.74) is 4.72. The van der Waals surface area contributed by atoms with E-state index < -0.39 is 0 Å². The first-order valence-electron chi connectivity index (χ1n) is 25.2. The second-order valence-corrected chi connectivity index (χ2v) is 21.7. The summed E-state index contributed by atoms with van der Waals surface area (Å²) in [5, 5.41) is 9.67. The van der Waals surface area contributed by atoms with E-state index in [1.807, 2.05) is 6.92 Å². The third kappa shape index (κ3) is 13.2. The molecule has 4 aliphatic rings. The summed E-state index contributed by atoms with van der Waals surface area (Å²) >= 11 is 0. The molecule has 1 aromatic rings. The van der Waals surface area contributed by atoms with Crippen molar-refractivity contribution in [1.82, 2.24) is 4.90 Å². The van der Waals surface area contributed by atoms with Gasteiger partial charge in [-0.1, -0.05) is 123 Å². The highest BCUT2D eigenvalue weighted by atomic mass is 16.5. The highest BCUT2D eigenvalue weighted by Gasteiger charge is 2.59. The fourth-order valence-electron chi connectivity index (χ4n) is 12.9. The third-order valence-electron chi connectivity index (χ3n) is 16.4. The zero-order chi connectivity index (χ0) is 43.3. The van der Waals surface area contributed by atoms with Crippen molar-refractivity contribution in [2.45, 2.75) is 196 Å². The molecule has 6 nitrogen and oxygen atoms in total. The van der Waals surface area contributed by atoms with Crippen LogP contribution in [-0.2, 0) is 25.5 Å². The Morgan fingerprint density at radius 3 is 2.20 bits per heavy atom. The predicted octanol–water partition coefficient (Wildman–Crippen LogP) is 12.9. The molecule has 0 radical (unpaired) electrons. The SMILES string of the molecule is CC(C)CCCC(C)C1CCC2C3CC=C4CC(OC(=O)CCCCCN(CCO)CCCCCCOC(=O)C(C)c5ccc(CC(C)C)cc5)CCC4(C)C3CCC12C.